The molecule has 1 saturated carbocycles. The van der Waals surface area contributed by atoms with Gasteiger partial charge in [0.15, 0.2) is 0 Å². The van der Waals surface area contributed by atoms with Crippen LogP contribution in [0.2, 0.25) is 0 Å². The maximum Gasteiger partial charge on any atom is 0.0701 e. The minimum absolute atomic E-state index is 0.423. The maximum atomic E-state index is 5.51. The number of thiol groups is 1. The fraction of sp³-hybridized carbons (Fsp3) is 1.00. The van der Waals surface area contributed by atoms with Gasteiger partial charge in [0.1, 0.15) is 0 Å². The van der Waals surface area contributed by atoms with Crippen molar-refractivity contribution in [3.05, 3.63) is 0 Å². The average molecular weight is 261 g/mol. The quantitative estimate of drug-likeness (QED) is 0.441. The molecule has 1 fully saturated rings. The lowest BCUT2D eigenvalue weighted by Crippen LogP contribution is -2.38. The third-order valence-corrected chi connectivity index (χ3v) is 3.75. The Labute approximate surface area is 111 Å². The molecule has 3 nitrogen and oxygen atoms in total. The first-order valence-electron chi connectivity index (χ1n) is 6.72. The van der Waals surface area contributed by atoms with Gasteiger partial charge in [0.05, 0.1) is 19.8 Å². The first kappa shape index (κ1) is 15.3. The van der Waals surface area contributed by atoms with E-state index in [9.17, 15) is 0 Å². The van der Waals surface area contributed by atoms with Gasteiger partial charge in [0.2, 0.25) is 0 Å². The summed E-state index contributed by atoms with van der Waals surface area (Å²) in [5.41, 5.74) is 0.423. The van der Waals surface area contributed by atoms with Gasteiger partial charge in [-0.25, -0.2) is 0 Å². The molecule has 0 aromatic heterocycles. The Balaban J connectivity index is 1.82. The highest BCUT2D eigenvalue weighted by molar-refractivity contribution is 7.80. The molecule has 0 radical (unpaired) electrons. The predicted molar refractivity (Wildman–Crippen MR) is 74.9 cm³/mol. The Morgan fingerprint density at radius 2 is 1.76 bits per heavy atom. The average Bonchev–Trinajstić information content (AvgIpc) is 3.08. The summed E-state index contributed by atoms with van der Waals surface area (Å²) in [6, 6.07) is 0. The van der Waals surface area contributed by atoms with Crippen molar-refractivity contribution >= 4 is 12.6 Å². The highest BCUT2D eigenvalue weighted by Crippen LogP contribution is 2.41. The summed E-state index contributed by atoms with van der Waals surface area (Å²) >= 11 is 4.12. The molecule has 0 aromatic carbocycles. The van der Waals surface area contributed by atoms with E-state index >= 15 is 0 Å². The molecule has 1 aliphatic rings. The van der Waals surface area contributed by atoms with Crippen molar-refractivity contribution < 1.29 is 9.47 Å². The van der Waals surface area contributed by atoms with Crippen LogP contribution in [0.15, 0.2) is 0 Å². The predicted octanol–water partition coefficient (Wildman–Crippen LogP) is 2.12. The molecule has 1 N–H and O–H groups in total. The molecule has 0 unspecified atom stereocenters. The van der Waals surface area contributed by atoms with Crippen molar-refractivity contribution in [3.63, 3.8) is 0 Å². The van der Waals surface area contributed by atoms with Gasteiger partial charge >= 0.3 is 0 Å². The number of hydrogen-bond acceptors (Lipinski definition) is 4. The Morgan fingerprint density at radius 1 is 1.12 bits per heavy atom. The van der Waals surface area contributed by atoms with Gasteiger partial charge < -0.3 is 14.8 Å². The lowest BCUT2D eigenvalue weighted by molar-refractivity contribution is 0.0480. The van der Waals surface area contributed by atoms with E-state index in [1.54, 1.807) is 0 Å². The summed E-state index contributed by atoms with van der Waals surface area (Å²) in [5.74, 6) is 1.62. The normalized spacial score (nSPS) is 17.6. The summed E-state index contributed by atoms with van der Waals surface area (Å²) in [4.78, 5) is 0. The zero-order valence-corrected chi connectivity index (χ0v) is 12.1. The van der Waals surface area contributed by atoms with Gasteiger partial charge in [-0.15, -0.1) is 0 Å². The molecule has 0 atom stereocenters. The van der Waals surface area contributed by atoms with Crippen LogP contribution < -0.4 is 5.32 Å². The van der Waals surface area contributed by atoms with E-state index in [-0.39, 0.29) is 0 Å². The van der Waals surface area contributed by atoms with Crippen molar-refractivity contribution in [3.8, 4) is 0 Å². The molecule has 1 aliphatic carbocycles. The third-order valence-electron chi connectivity index (χ3n) is 3.44. The van der Waals surface area contributed by atoms with E-state index < -0.39 is 0 Å². The zero-order chi connectivity index (χ0) is 12.6. The molecule has 0 spiro atoms. The second-order valence-electron chi connectivity index (χ2n) is 5.04. The number of nitrogens with one attached hydrogen (secondary N) is 1. The molecule has 4 heteroatoms. The molecule has 0 saturated heterocycles. The summed E-state index contributed by atoms with van der Waals surface area (Å²) < 4.78 is 10.9. The van der Waals surface area contributed by atoms with Crippen molar-refractivity contribution in [1.82, 2.24) is 5.32 Å². The van der Waals surface area contributed by atoms with E-state index in [1.165, 1.54) is 12.8 Å². The number of ether oxygens (including phenoxy) is 2. The van der Waals surface area contributed by atoms with Crippen LogP contribution in [-0.2, 0) is 9.47 Å². The van der Waals surface area contributed by atoms with E-state index in [1.807, 2.05) is 0 Å². The van der Waals surface area contributed by atoms with Crippen LogP contribution in [0, 0.1) is 5.92 Å². The monoisotopic (exact) mass is 261 g/mol. The van der Waals surface area contributed by atoms with Crippen LogP contribution in [0.3, 0.4) is 0 Å². The van der Waals surface area contributed by atoms with Crippen LogP contribution in [0.5, 0.6) is 0 Å². The second kappa shape index (κ2) is 8.35. The van der Waals surface area contributed by atoms with Gasteiger partial charge in [0.25, 0.3) is 0 Å². The van der Waals surface area contributed by atoms with Gasteiger partial charge in [-0.3, -0.25) is 0 Å². The summed E-state index contributed by atoms with van der Waals surface area (Å²) in [6.07, 6.45) is 3.65. The number of hydrogen-bond donors (Lipinski definition) is 2. The summed E-state index contributed by atoms with van der Waals surface area (Å²) in [5, 5.41) is 3.60. The van der Waals surface area contributed by atoms with E-state index in [2.05, 4.69) is 31.8 Å². The Kier molecular flexibility index (Phi) is 7.51. The van der Waals surface area contributed by atoms with Crippen molar-refractivity contribution in [2.24, 2.45) is 5.92 Å². The highest BCUT2D eigenvalue weighted by atomic mass is 32.1. The molecule has 0 aliphatic heterocycles. The van der Waals surface area contributed by atoms with Crippen molar-refractivity contribution in [2.45, 2.75) is 38.6 Å². The minimum atomic E-state index is 0.423. The second-order valence-corrected chi connectivity index (χ2v) is 5.49. The van der Waals surface area contributed by atoms with Crippen molar-refractivity contribution in [2.75, 3.05) is 38.7 Å². The number of rotatable bonds is 11. The van der Waals surface area contributed by atoms with E-state index in [4.69, 9.17) is 9.47 Å². The molecule has 17 heavy (non-hydrogen) atoms. The fourth-order valence-corrected chi connectivity index (χ4v) is 2.08. The fourth-order valence-electron chi connectivity index (χ4n) is 1.95. The molecule has 1 rings (SSSR count). The van der Waals surface area contributed by atoms with Gasteiger partial charge in [-0.05, 0) is 30.9 Å². The summed E-state index contributed by atoms with van der Waals surface area (Å²) in [7, 11) is 0. The summed E-state index contributed by atoms with van der Waals surface area (Å²) in [6.45, 7) is 8.50. The van der Waals surface area contributed by atoms with E-state index in [0.717, 1.165) is 37.9 Å². The molecule has 0 bridgehead atoms. The Hall–Kier alpha value is 0.230. The van der Waals surface area contributed by atoms with Crippen LogP contribution >= 0.6 is 12.6 Å². The first-order chi connectivity index (χ1) is 8.21. The third kappa shape index (κ3) is 6.09. The van der Waals surface area contributed by atoms with Gasteiger partial charge in [-0.2, -0.15) is 12.6 Å². The Morgan fingerprint density at radius 3 is 2.29 bits per heavy atom. The van der Waals surface area contributed by atoms with Gasteiger partial charge in [-0.1, -0.05) is 13.8 Å². The smallest absolute Gasteiger partial charge is 0.0701 e. The van der Waals surface area contributed by atoms with Gasteiger partial charge in [0, 0.05) is 18.7 Å². The van der Waals surface area contributed by atoms with Crippen LogP contribution in [0.1, 0.15) is 33.1 Å². The highest BCUT2D eigenvalue weighted by Gasteiger charge is 2.44. The standard InChI is InChI=1S/C13H27NO2S/c1-12(2)13(4-5-13)14-6-8-16-10-9-15-7-3-11-17/h12,14,17H,3-11H2,1-2H3. The topological polar surface area (TPSA) is 30.5 Å². The minimum Gasteiger partial charge on any atom is -0.379 e. The van der Waals surface area contributed by atoms with Crippen LogP contribution in [0.25, 0.3) is 0 Å². The molecule has 0 amide bonds. The Bertz CT molecular complexity index is 196. The largest absolute Gasteiger partial charge is 0.379 e. The maximum absolute atomic E-state index is 5.51. The molecular weight excluding hydrogens is 234 g/mol. The first-order valence-corrected chi connectivity index (χ1v) is 7.36. The SMILES string of the molecule is CC(C)C1(NCCOCCOCCCS)CC1. The molecular formula is C13H27NO2S. The van der Waals surface area contributed by atoms with E-state index in [0.29, 0.717) is 18.8 Å². The lowest BCUT2D eigenvalue weighted by Gasteiger charge is -2.21. The molecule has 0 aromatic rings. The molecule has 0 heterocycles. The van der Waals surface area contributed by atoms with Crippen LogP contribution in [0.4, 0.5) is 0 Å². The molecule has 102 valence electrons. The lowest BCUT2D eigenvalue weighted by atomic mass is 10.0. The van der Waals surface area contributed by atoms with Crippen LogP contribution in [-0.4, -0.2) is 44.3 Å². The zero-order valence-electron chi connectivity index (χ0n) is 11.2. The van der Waals surface area contributed by atoms with Crippen molar-refractivity contribution in [1.29, 1.82) is 0 Å².